The zero-order valence-electron chi connectivity index (χ0n) is 11.6. The Hall–Kier alpha value is -1.14. The molecule has 0 bridgehead atoms. The van der Waals surface area contributed by atoms with Gasteiger partial charge in [-0.3, -0.25) is 9.59 Å². The summed E-state index contributed by atoms with van der Waals surface area (Å²) in [6, 6.07) is -0.559. The van der Waals surface area contributed by atoms with Gasteiger partial charge in [-0.05, 0) is 19.3 Å². The molecule has 0 aromatic carbocycles. The van der Waals surface area contributed by atoms with E-state index in [1.54, 1.807) is 14.2 Å². The topological polar surface area (TPSA) is 84.7 Å². The quantitative estimate of drug-likeness (QED) is 0.558. The van der Waals surface area contributed by atoms with Crippen LogP contribution < -0.4 is 11.1 Å². The fraction of sp³-hybridized carbons (Fsp3) is 0.833. The van der Waals surface area contributed by atoms with E-state index in [1.807, 2.05) is 6.92 Å². The summed E-state index contributed by atoms with van der Waals surface area (Å²) in [4.78, 5) is 24.9. The number of amides is 2. The van der Waals surface area contributed by atoms with Gasteiger partial charge in [-0.25, -0.2) is 0 Å². The number of nitrogens with zero attached hydrogens (tertiary/aromatic N) is 1. The smallest absolute Gasteiger partial charge is 0.239 e. The lowest BCUT2D eigenvalue weighted by Crippen LogP contribution is -2.47. The van der Waals surface area contributed by atoms with Gasteiger partial charge in [-0.2, -0.15) is 0 Å². The number of carbonyl (C=O) groups excluding carboxylic acids is 2. The standard InChI is InChI=1S/C12H25N3O3/c1-4-7-15(9-11(16)14-2)12(17)10(13)6-5-8-18-3/h10H,4-9,13H2,1-3H3,(H,14,16). The second kappa shape index (κ2) is 9.85. The van der Waals surface area contributed by atoms with Crippen LogP contribution in [-0.4, -0.2) is 56.6 Å². The Morgan fingerprint density at radius 3 is 2.61 bits per heavy atom. The lowest BCUT2D eigenvalue weighted by molar-refractivity contribution is -0.137. The minimum absolute atomic E-state index is 0.0706. The Balaban J connectivity index is 4.30. The van der Waals surface area contributed by atoms with Gasteiger partial charge in [-0.15, -0.1) is 0 Å². The number of nitrogens with two attached hydrogens (primary N) is 1. The summed E-state index contributed by atoms with van der Waals surface area (Å²) in [7, 11) is 3.16. The zero-order chi connectivity index (χ0) is 14.0. The van der Waals surface area contributed by atoms with E-state index < -0.39 is 6.04 Å². The average molecular weight is 259 g/mol. The van der Waals surface area contributed by atoms with Crippen LogP contribution in [0.5, 0.6) is 0 Å². The van der Waals surface area contributed by atoms with Crippen LogP contribution in [0.25, 0.3) is 0 Å². The van der Waals surface area contributed by atoms with Crippen LogP contribution in [-0.2, 0) is 14.3 Å². The van der Waals surface area contributed by atoms with Crippen LogP contribution >= 0.6 is 0 Å². The Bertz CT molecular complexity index is 259. The summed E-state index contributed by atoms with van der Waals surface area (Å²) in [5, 5.41) is 2.51. The molecule has 2 amide bonds. The highest BCUT2D eigenvalue weighted by Crippen LogP contribution is 2.02. The number of hydrogen-bond donors (Lipinski definition) is 2. The number of methoxy groups -OCH3 is 1. The van der Waals surface area contributed by atoms with Crippen LogP contribution in [0.2, 0.25) is 0 Å². The van der Waals surface area contributed by atoms with Gasteiger partial charge in [-0.1, -0.05) is 6.92 Å². The average Bonchev–Trinajstić information content (AvgIpc) is 2.37. The number of rotatable bonds is 9. The molecule has 0 aliphatic rings. The predicted molar refractivity (Wildman–Crippen MR) is 70.0 cm³/mol. The van der Waals surface area contributed by atoms with Crippen molar-refractivity contribution in [2.24, 2.45) is 5.73 Å². The molecule has 0 rings (SSSR count). The molecule has 0 aliphatic heterocycles. The van der Waals surface area contributed by atoms with E-state index in [4.69, 9.17) is 10.5 Å². The molecule has 0 radical (unpaired) electrons. The maximum Gasteiger partial charge on any atom is 0.239 e. The van der Waals surface area contributed by atoms with Crippen molar-refractivity contribution in [3.8, 4) is 0 Å². The van der Waals surface area contributed by atoms with Crippen molar-refractivity contribution in [2.75, 3.05) is 33.9 Å². The van der Waals surface area contributed by atoms with E-state index in [1.165, 1.54) is 4.90 Å². The van der Waals surface area contributed by atoms with Gasteiger partial charge >= 0.3 is 0 Å². The first kappa shape index (κ1) is 16.9. The minimum Gasteiger partial charge on any atom is -0.385 e. The largest absolute Gasteiger partial charge is 0.385 e. The van der Waals surface area contributed by atoms with Crippen molar-refractivity contribution in [3.63, 3.8) is 0 Å². The Morgan fingerprint density at radius 2 is 2.11 bits per heavy atom. The van der Waals surface area contributed by atoms with Crippen LogP contribution in [0.4, 0.5) is 0 Å². The molecule has 106 valence electrons. The third-order valence-corrected chi connectivity index (χ3v) is 2.60. The SMILES string of the molecule is CCCN(CC(=O)NC)C(=O)C(N)CCCOC. The maximum absolute atomic E-state index is 12.1. The van der Waals surface area contributed by atoms with Gasteiger partial charge in [0.1, 0.15) is 0 Å². The highest BCUT2D eigenvalue weighted by Gasteiger charge is 2.21. The molecule has 1 atom stereocenters. The molecule has 0 spiro atoms. The molecule has 0 fully saturated rings. The van der Waals surface area contributed by atoms with E-state index in [9.17, 15) is 9.59 Å². The molecule has 3 N–H and O–H groups in total. The molecule has 6 heteroatoms. The van der Waals surface area contributed by atoms with Crippen molar-refractivity contribution in [3.05, 3.63) is 0 Å². The van der Waals surface area contributed by atoms with Crippen molar-refractivity contribution >= 4 is 11.8 Å². The van der Waals surface area contributed by atoms with Crippen LogP contribution in [0.15, 0.2) is 0 Å². The fourth-order valence-electron chi connectivity index (χ4n) is 1.60. The fourth-order valence-corrected chi connectivity index (χ4v) is 1.60. The first-order valence-electron chi connectivity index (χ1n) is 6.30. The molecule has 0 aromatic heterocycles. The molecular formula is C12H25N3O3. The molecule has 0 saturated carbocycles. The Morgan fingerprint density at radius 1 is 1.44 bits per heavy atom. The van der Waals surface area contributed by atoms with E-state index >= 15 is 0 Å². The molecular weight excluding hydrogens is 234 g/mol. The first-order chi connectivity index (χ1) is 8.56. The summed E-state index contributed by atoms with van der Waals surface area (Å²) in [6.07, 6.45) is 2.11. The lowest BCUT2D eigenvalue weighted by Gasteiger charge is -2.24. The maximum atomic E-state index is 12.1. The highest BCUT2D eigenvalue weighted by molar-refractivity contribution is 5.87. The number of hydrogen-bond acceptors (Lipinski definition) is 4. The molecule has 18 heavy (non-hydrogen) atoms. The van der Waals surface area contributed by atoms with Gasteiger partial charge in [0.25, 0.3) is 0 Å². The second-order valence-electron chi connectivity index (χ2n) is 4.17. The summed E-state index contributed by atoms with van der Waals surface area (Å²) in [5.74, 6) is -0.350. The molecule has 0 aromatic rings. The monoisotopic (exact) mass is 259 g/mol. The van der Waals surface area contributed by atoms with Crippen LogP contribution in [0.1, 0.15) is 26.2 Å². The highest BCUT2D eigenvalue weighted by atomic mass is 16.5. The van der Waals surface area contributed by atoms with Gasteiger partial charge in [0.05, 0.1) is 12.6 Å². The number of carbonyl (C=O) groups is 2. The zero-order valence-corrected chi connectivity index (χ0v) is 11.6. The summed E-state index contributed by atoms with van der Waals surface area (Å²) < 4.78 is 4.92. The van der Waals surface area contributed by atoms with E-state index in [0.29, 0.717) is 19.6 Å². The van der Waals surface area contributed by atoms with Crippen LogP contribution in [0, 0.1) is 0 Å². The predicted octanol–water partition coefficient (Wildman–Crippen LogP) is -0.275. The molecule has 1 unspecified atom stereocenters. The summed E-state index contributed by atoms with van der Waals surface area (Å²) in [5.41, 5.74) is 5.83. The lowest BCUT2D eigenvalue weighted by atomic mass is 10.1. The van der Waals surface area contributed by atoms with Crippen molar-refractivity contribution < 1.29 is 14.3 Å². The molecule has 6 nitrogen and oxygen atoms in total. The summed E-state index contributed by atoms with van der Waals surface area (Å²) in [6.45, 7) is 3.16. The third-order valence-electron chi connectivity index (χ3n) is 2.60. The number of nitrogens with one attached hydrogen (secondary N) is 1. The van der Waals surface area contributed by atoms with E-state index in [-0.39, 0.29) is 18.4 Å². The molecule has 0 heterocycles. The van der Waals surface area contributed by atoms with Gasteiger partial charge < -0.3 is 20.7 Å². The summed E-state index contributed by atoms with van der Waals surface area (Å²) >= 11 is 0. The van der Waals surface area contributed by atoms with E-state index in [2.05, 4.69) is 5.32 Å². The minimum atomic E-state index is -0.559. The molecule has 0 saturated heterocycles. The van der Waals surface area contributed by atoms with Crippen molar-refractivity contribution in [1.82, 2.24) is 10.2 Å². The van der Waals surface area contributed by atoms with Crippen molar-refractivity contribution in [1.29, 1.82) is 0 Å². The van der Waals surface area contributed by atoms with Crippen molar-refractivity contribution in [2.45, 2.75) is 32.2 Å². The first-order valence-corrected chi connectivity index (χ1v) is 6.30. The Labute approximate surface area is 109 Å². The van der Waals surface area contributed by atoms with Gasteiger partial charge in [0.2, 0.25) is 11.8 Å². The third kappa shape index (κ3) is 6.56. The number of ether oxygens (including phenoxy) is 1. The second-order valence-corrected chi connectivity index (χ2v) is 4.17. The number of likely N-dealkylation sites (N-methyl/N-ethyl adjacent to an activating group) is 1. The molecule has 0 aliphatic carbocycles. The van der Waals surface area contributed by atoms with E-state index in [0.717, 1.165) is 12.8 Å². The van der Waals surface area contributed by atoms with Gasteiger partial charge in [0, 0.05) is 27.3 Å². The van der Waals surface area contributed by atoms with Crippen LogP contribution in [0.3, 0.4) is 0 Å². The normalized spacial score (nSPS) is 12.0. The Kier molecular flexibility index (Phi) is 9.22. The van der Waals surface area contributed by atoms with Gasteiger partial charge in [0.15, 0.2) is 0 Å².